The number of hydrogen-bond donors (Lipinski definition) is 4. The second-order valence-corrected chi connectivity index (χ2v) is 1.70. The number of rotatable bonds is 0. The van der Waals surface area contributed by atoms with Crippen LogP contribution in [0, 0.1) is 0 Å². The monoisotopic (exact) mass is 262 g/mol. The normalized spacial score (nSPS) is 7.78. The molecule has 0 radical (unpaired) electrons. The molecule has 0 heterocycles. The fourth-order valence-corrected chi connectivity index (χ4v) is 0. The summed E-state index contributed by atoms with van der Waals surface area (Å²) < 4.78 is 17.5. The Bertz CT molecular complexity index is 69.1. The van der Waals surface area contributed by atoms with E-state index in [0.717, 1.165) is 0 Å². The zero-order chi connectivity index (χ0) is 7.15. The summed E-state index contributed by atoms with van der Waals surface area (Å²) in [5.41, 5.74) is 0. The van der Waals surface area contributed by atoms with E-state index in [1.54, 1.807) is 0 Å². The Morgan fingerprint density at radius 1 is 0.778 bits per heavy atom. The average molecular weight is 260 g/mol. The van der Waals surface area contributed by atoms with Crippen molar-refractivity contribution in [2.24, 2.45) is 0 Å². The molecule has 0 aliphatic heterocycles. The molecule has 0 saturated carbocycles. The molecule has 0 aliphatic rings. The molecule has 9 heavy (non-hydrogen) atoms. The van der Waals surface area contributed by atoms with Crippen LogP contribution in [-0.4, -0.2) is 19.6 Å². The first-order valence-corrected chi connectivity index (χ1v) is 3.91. The van der Waals surface area contributed by atoms with Crippen LogP contribution in [0.4, 0.5) is 0 Å². The van der Waals surface area contributed by atoms with Crippen LogP contribution in [0.3, 0.4) is 0 Å². The van der Waals surface area contributed by atoms with Crippen molar-refractivity contribution in [1.29, 1.82) is 0 Å². The molecule has 0 bridgehead atoms. The van der Waals surface area contributed by atoms with E-state index in [4.69, 9.17) is 28.7 Å². The predicted molar refractivity (Wildman–Crippen MR) is 26.9 cm³/mol. The Labute approximate surface area is 66.7 Å². The van der Waals surface area contributed by atoms with Crippen LogP contribution in [0.5, 0.6) is 0 Å². The van der Waals surface area contributed by atoms with Crippen LogP contribution in [0.25, 0.3) is 0 Å². The van der Waals surface area contributed by atoms with Crippen molar-refractivity contribution in [3.8, 4) is 0 Å². The maximum Gasteiger partial charge on any atom is 0.314 e. The topological polar surface area (TPSA) is 115 Å². The Hall–Kier alpha value is 0.988. The van der Waals surface area contributed by atoms with Crippen LogP contribution in [0.15, 0.2) is 0 Å². The first-order valence-electron chi connectivity index (χ1n) is 1.30. The Balaban J connectivity index is -0.0000000720. The molecule has 0 unspecified atom stereocenters. The summed E-state index contributed by atoms with van der Waals surface area (Å²) in [7, 11) is -6.26. The van der Waals surface area contributed by atoms with E-state index in [1.807, 2.05) is 0 Å². The van der Waals surface area contributed by atoms with Gasteiger partial charge < -0.3 is 19.6 Å². The summed E-state index contributed by atoms with van der Waals surface area (Å²) >= 11 is 0. The third kappa shape index (κ3) is 449. The van der Waals surface area contributed by atoms with Gasteiger partial charge in [-0.05, 0) is 0 Å². The first kappa shape index (κ1) is 16.5. The zero-order valence-corrected chi connectivity index (χ0v) is 8.02. The summed E-state index contributed by atoms with van der Waals surface area (Å²) in [4.78, 5) is 28.6. The minimum atomic E-state index is -3.13. The van der Waals surface area contributed by atoms with Crippen LogP contribution in [0.2, 0.25) is 0 Å². The molecule has 0 aromatic carbocycles. The quantitative estimate of drug-likeness (QED) is 0.318. The van der Waals surface area contributed by atoms with Crippen molar-refractivity contribution in [1.82, 2.24) is 0 Å². The van der Waals surface area contributed by atoms with Gasteiger partial charge in [0.05, 0.1) is 0 Å². The van der Waals surface area contributed by atoms with Crippen molar-refractivity contribution in [3.63, 3.8) is 0 Å². The van der Waals surface area contributed by atoms with Gasteiger partial charge in [0.2, 0.25) is 0 Å². The van der Waals surface area contributed by atoms with Gasteiger partial charge in [0.1, 0.15) is 0 Å². The third-order valence-corrected chi connectivity index (χ3v) is 0. The second kappa shape index (κ2) is 11.7. The van der Waals surface area contributed by atoms with Crippen LogP contribution in [0.1, 0.15) is 0 Å². The van der Waals surface area contributed by atoms with E-state index in [2.05, 4.69) is 0 Å². The molecule has 9 heteroatoms. The summed E-state index contributed by atoms with van der Waals surface area (Å²) in [6, 6.07) is 0. The van der Waals surface area contributed by atoms with E-state index >= 15 is 0 Å². The van der Waals surface area contributed by atoms with E-state index in [-0.39, 0.29) is 21.1 Å². The van der Waals surface area contributed by atoms with Crippen molar-refractivity contribution in [2.45, 2.75) is 0 Å². The largest absolute Gasteiger partial charge is 0.326 e. The molecule has 0 aromatic rings. The van der Waals surface area contributed by atoms with Crippen molar-refractivity contribution < 1.29 is 49.8 Å². The zero-order valence-electron chi connectivity index (χ0n) is 4.01. The van der Waals surface area contributed by atoms with Gasteiger partial charge >= 0.3 is 16.5 Å². The molecule has 0 saturated heterocycles. The van der Waals surface area contributed by atoms with Crippen molar-refractivity contribution in [3.05, 3.63) is 0 Å². The summed E-state index contributed by atoms with van der Waals surface area (Å²) in [5.74, 6) is 0. The summed E-state index contributed by atoms with van der Waals surface area (Å²) in [6.45, 7) is 0. The molecule has 0 aromatic heterocycles. The molecule has 0 spiro atoms. The molecule has 58 valence electrons. The maximum absolute atomic E-state index is 8.74. The molecular weight excluding hydrogens is 254 g/mol. The molecular formula is H6MoO6P2. The van der Waals surface area contributed by atoms with E-state index < -0.39 is 16.5 Å². The van der Waals surface area contributed by atoms with Crippen LogP contribution < -0.4 is 0 Å². The van der Waals surface area contributed by atoms with Gasteiger partial charge in [0, 0.05) is 21.1 Å². The van der Waals surface area contributed by atoms with Crippen LogP contribution in [-0.2, 0) is 30.2 Å². The maximum atomic E-state index is 8.74. The fraction of sp³-hybridized carbons (Fsp3) is 0. The second-order valence-electron chi connectivity index (χ2n) is 0.565. The first-order chi connectivity index (χ1) is 3.46. The van der Waals surface area contributed by atoms with Crippen molar-refractivity contribution >= 4 is 16.5 Å². The Kier molecular flexibility index (Phi) is 21.6. The SMILES string of the molecule is O=[PH](O)O.O=[PH](O)O.[Mo]. The molecule has 0 amide bonds. The Morgan fingerprint density at radius 2 is 0.778 bits per heavy atom. The third-order valence-electron chi connectivity index (χ3n) is 0. The van der Waals surface area contributed by atoms with E-state index in [1.165, 1.54) is 0 Å². The Morgan fingerprint density at radius 3 is 0.778 bits per heavy atom. The van der Waals surface area contributed by atoms with Gasteiger partial charge in [-0.15, -0.1) is 0 Å². The fourth-order valence-electron chi connectivity index (χ4n) is 0. The molecule has 6 nitrogen and oxygen atoms in total. The smallest absolute Gasteiger partial charge is 0.314 e. The van der Waals surface area contributed by atoms with Gasteiger partial charge in [-0.1, -0.05) is 0 Å². The molecule has 0 atom stereocenters. The average Bonchev–Trinajstić information content (AvgIpc) is 1.25. The van der Waals surface area contributed by atoms with Gasteiger partial charge in [-0.25, -0.2) is 0 Å². The van der Waals surface area contributed by atoms with Gasteiger partial charge in [-0.3, -0.25) is 9.13 Å². The minimum absolute atomic E-state index is 0. The predicted octanol–water partition coefficient (Wildman–Crippen LogP) is -1.28. The molecule has 0 aliphatic carbocycles. The molecule has 0 fully saturated rings. The van der Waals surface area contributed by atoms with E-state index in [0.29, 0.717) is 0 Å². The van der Waals surface area contributed by atoms with E-state index in [9.17, 15) is 0 Å². The standard InChI is InChI=1S/Mo.2H3O3P/c;2*1-4(2)3/h;2*4H,(H2,1,2,3). The summed E-state index contributed by atoms with van der Waals surface area (Å²) in [6.07, 6.45) is 0. The van der Waals surface area contributed by atoms with Gasteiger partial charge in [0.15, 0.2) is 0 Å². The van der Waals surface area contributed by atoms with Gasteiger partial charge in [0.25, 0.3) is 0 Å². The van der Waals surface area contributed by atoms with Crippen LogP contribution >= 0.6 is 16.5 Å². The number of hydrogen-bond acceptors (Lipinski definition) is 2. The van der Waals surface area contributed by atoms with Crippen molar-refractivity contribution in [2.75, 3.05) is 0 Å². The molecule has 0 rings (SSSR count). The minimum Gasteiger partial charge on any atom is -0.326 e. The van der Waals surface area contributed by atoms with Gasteiger partial charge in [-0.2, -0.15) is 0 Å². The summed E-state index contributed by atoms with van der Waals surface area (Å²) in [5, 5.41) is 0. The molecule has 4 N–H and O–H groups in total.